The predicted molar refractivity (Wildman–Crippen MR) is 58.3 cm³/mol. The lowest BCUT2D eigenvalue weighted by molar-refractivity contribution is 0.656. The number of nitrogens with one attached hydrogen (secondary N) is 1. The molecule has 2 unspecified atom stereocenters. The molecule has 1 fully saturated rings. The van der Waals surface area contributed by atoms with Gasteiger partial charge in [0.1, 0.15) is 0 Å². The molecule has 1 aromatic rings. The van der Waals surface area contributed by atoms with Gasteiger partial charge < -0.3 is 5.32 Å². The summed E-state index contributed by atoms with van der Waals surface area (Å²) in [5, 5.41) is 12.1. The normalized spacial score (nSPS) is 31.8. The molecule has 2 heterocycles. The van der Waals surface area contributed by atoms with Crippen LogP contribution in [0.5, 0.6) is 0 Å². The lowest BCUT2D eigenvalue weighted by Crippen LogP contribution is -2.28. The Hall–Kier alpha value is -1.66. The molecular formula is C12H11N3. The third-order valence-electron chi connectivity index (χ3n) is 3.28. The van der Waals surface area contributed by atoms with Gasteiger partial charge in [-0.15, -0.1) is 0 Å². The Morgan fingerprint density at radius 2 is 2.33 bits per heavy atom. The van der Waals surface area contributed by atoms with Crippen molar-refractivity contribution in [1.82, 2.24) is 5.32 Å². The van der Waals surface area contributed by atoms with Crippen LogP contribution in [0, 0.1) is 11.3 Å². The highest BCUT2D eigenvalue weighted by Gasteiger charge is 2.42. The minimum Gasteiger partial charge on any atom is -0.301 e. The van der Waals surface area contributed by atoms with Crippen molar-refractivity contribution in [3.63, 3.8) is 0 Å². The standard InChI is InChI=1S/C12H11N3/c13-6-9-5-12(7-14-9)8-15-11-4-2-1-3-10(11)12/h1-4,8-9,14H,5,7H2. The molecular weight excluding hydrogens is 186 g/mol. The molecule has 1 aromatic carbocycles. The van der Waals surface area contributed by atoms with E-state index in [1.807, 2.05) is 24.4 Å². The molecule has 3 nitrogen and oxygen atoms in total. The van der Waals surface area contributed by atoms with Crippen LogP contribution in [-0.4, -0.2) is 18.8 Å². The van der Waals surface area contributed by atoms with Gasteiger partial charge in [-0.3, -0.25) is 4.99 Å². The van der Waals surface area contributed by atoms with Gasteiger partial charge in [0, 0.05) is 18.2 Å². The van der Waals surface area contributed by atoms with Crippen LogP contribution in [0.3, 0.4) is 0 Å². The van der Waals surface area contributed by atoms with Gasteiger partial charge in [0.05, 0.1) is 17.8 Å². The van der Waals surface area contributed by atoms with Crippen LogP contribution in [0.4, 0.5) is 5.69 Å². The second-order valence-electron chi connectivity index (χ2n) is 4.20. The van der Waals surface area contributed by atoms with Crippen molar-refractivity contribution in [3.05, 3.63) is 29.8 Å². The highest BCUT2D eigenvalue weighted by molar-refractivity contribution is 5.86. The maximum Gasteiger partial charge on any atom is 0.0966 e. The number of benzene rings is 1. The zero-order valence-corrected chi connectivity index (χ0v) is 8.27. The Bertz CT molecular complexity index is 472. The van der Waals surface area contributed by atoms with Gasteiger partial charge in [0.25, 0.3) is 0 Å². The van der Waals surface area contributed by atoms with Gasteiger partial charge in [-0.25, -0.2) is 0 Å². The summed E-state index contributed by atoms with van der Waals surface area (Å²) in [6.07, 6.45) is 2.84. The van der Waals surface area contributed by atoms with E-state index in [0.29, 0.717) is 0 Å². The fraction of sp³-hybridized carbons (Fsp3) is 0.333. The molecule has 74 valence electrons. The van der Waals surface area contributed by atoms with E-state index in [4.69, 9.17) is 5.26 Å². The molecule has 0 saturated carbocycles. The molecule has 2 aliphatic heterocycles. The fourth-order valence-corrected chi connectivity index (χ4v) is 2.48. The van der Waals surface area contributed by atoms with Crippen molar-refractivity contribution in [2.45, 2.75) is 17.9 Å². The first-order valence-electron chi connectivity index (χ1n) is 5.12. The van der Waals surface area contributed by atoms with Gasteiger partial charge in [0.2, 0.25) is 0 Å². The van der Waals surface area contributed by atoms with Gasteiger partial charge in [0.15, 0.2) is 0 Å². The average Bonchev–Trinajstić information content (AvgIpc) is 2.86. The molecule has 0 amide bonds. The smallest absolute Gasteiger partial charge is 0.0966 e. The molecule has 1 N–H and O–H groups in total. The van der Waals surface area contributed by atoms with Crippen LogP contribution in [0.1, 0.15) is 12.0 Å². The predicted octanol–water partition coefficient (Wildman–Crippen LogP) is 1.53. The summed E-state index contributed by atoms with van der Waals surface area (Å²) in [6, 6.07) is 10.4. The lowest BCUT2D eigenvalue weighted by atomic mass is 9.81. The topological polar surface area (TPSA) is 48.2 Å². The number of hydrogen-bond acceptors (Lipinski definition) is 3. The van der Waals surface area contributed by atoms with Gasteiger partial charge in [-0.05, 0) is 18.1 Å². The number of nitrogens with zero attached hydrogens (tertiary/aromatic N) is 2. The van der Waals surface area contributed by atoms with E-state index in [1.54, 1.807) is 0 Å². The van der Waals surface area contributed by atoms with E-state index >= 15 is 0 Å². The molecule has 2 aliphatic rings. The molecule has 0 bridgehead atoms. The zero-order valence-electron chi connectivity index (χ0n) is 8.27. The lowest BCUT2D eigenvalue weighted by Gasteiger charge is -2.19. The molecule has 1 spiro atoms. The largest absolute Gasteiger partial charge is 0.301 e. The van der Waals surface area contributed by atoms with Crippen molar-refractivity contribution < 1.29 is 0 Å². The van der Waals surface area contributed by atoms with Crippen LogP contribution < -0.4 is 5.32 Å². The Labute approximate surface area is 88.4 Å². The number of aliphatic imine (C=N–C) groups is 1. The van der Waals surface area contributed by atoms with Gasteiger partial charge >= 0.3 is 0 Å². The molecule has 3 rings (SSSR count). The Morgan fingerprint density at radius 3 is 3.13 bits per heavy atom. The second kappa shape index (κ2) is 2.91. The van der Waals surface area contributed by atoms with E-state index in [-0.39, 0.29) is 11.5 Å². The Balaban J connectivity index is 2.05. The summed E-state index contributed by atoms with van der Waals surface area (Å²) in [4.78, 5) is 4.43. The number of fused-ring (bicyclic) bond motifs is 2. The van der Waals surface area contributed by atoms with E-state index in [1.165, 1.54) is 5.56 Å². The van der Waals surface area contributed by atoms with Gasteiger partial charge in [-0.1, -0.05) is 18.2 Å². The van der Waals surface area contributed by atoms with Crippen LogP contribution >= 0.6 is 0 Å². The summed E-state index contributed by atoms with van der Waals surface area (Å²) < 4.78 is 0. The van der Waals surface area contributed by atoms with Crippen molar-refractivity contribution in [2.75, 3.05) is 6.54 Å². The van der Waals surface area contributed by atoms with E-state index in [0.717, 1.165) is 18.7 Å². The van der Waals surface area contributed by atoms with Crippen molar-refractivity contribution in [1.29, 1.82) is 5.26 Å². The minimum absolute atomic E-state index is 0.0308. The number of nitriles is 1. The molecule has 0 aliphatic carbocycles. The Morgan fingerprint density at radius 1 is 1.47 bits per heavy atom. The maximum atomic E-state index is 8.90. The Kier molecular flexibility index (Phi) is 1.68. The number of rotatable bonds is 0. The first kappa shape index (κ1) is 8.63. The fourth-order valence-electron chi connectivity index (χ4n) is 2.48. The molecule has 0 radical (unpaired) electrons. The summed E-state index contributed by atoms with van der Waals surface area (Å²) in [7, 11) is 0. The van der Waals surface area contributed by atoms with Crippen LogP contribution in [0.2, 0.25) is 0 Å². The summed E-state index contributed by atoms with van der Waals surface area (Å²) in [5.74, 6) is 0. The van der Waals surface area contributed by atoms with E-state index in [9.17, 15) is 0 Å². The average molecular weight is 197 g/mol. The quantitative estimate of drug-likeness (QED) is 0.685. The summed E-state index contributed by atoms with van der Waals surface area (Å²) >= 11 is 0. The molecule has 2 atom stereocenters. The molecule has 1 saturated heterocycles. The van der Waals surface area contributed by atoms with Crippen molar-refractivity contribution in [3.8, 4) is 6.07 Å². The molecule has 0 aromatic heterocycles. The maximum absolute atomic E-state index is 8.90. The van der Waals surface area contributed by atoms with Crippen LogP contribution in [-0.2, 0) is 5.41 Å². The van der Waals surface area contributed by atoms with Crippen molar-refractivity contribution in [2.24, 2.45) is 4.99 Å². The first-order chi connectivity index (χ1) is 7.34. The molecule has 3 heteroatoms. The number of para-hydroxylation sites is 1. The second-order valence-corrected chi connectivity index (χ2v) is 4.20. The highest BCUT2D eigenvalue weighted by atomic mass is 15.0. The third-order valence-corrected chi connectivity index (χ3v) is 3.28. The van der Waals surface area contributed by atoms with E-state index < -0.39 is 0 Å². The number of hydrogen-bond donors (Lipinski definition) is 1. The van der Waals surface area contributed by atoms with Crippen LogP contribution in [0.15, 0.2) is 29.3 Å². The first-order valence-corrected chi connectivity index (χ1v) is 5.12. The third kappa shape index (κ3) is 1.12. The van der Waals surface area contributed by atoms with Crippen molar-refractivity contribution >= 4 is 11.9 Å². The van der Waals surface area contributed by atoms with Crippen LogP contribution in [0.25, 0.3) is 0 Å². The summed E-state index contributed by atoms with van der Waals surface area (Å²) in [6.45, 7) is 0.825. The highest BCUT2D eigenvalue weighted by Crippen LogP contribution is 2.41. The summed E-state index contributed by atoms with van der Waals surface area (Å²) in [5.41, 5.74) is 2.28. The monoisotopic (exact) mass is 197 g/mol. The minimum atomic E-state index is -0.0393. The zero-order chi connectivity index (χ0) is 10.3. The molecule has 15 heavy (non-hydrogen) atoms. The van der Waals surface area contributed by atoms with E-state index in [2.05, 4.69) is 22.4 Å². The van der Waals surface area contributed by atoms with Gasteiger partial charge in [-0.2, -0.15) is 5.26 Å². The SMILES string of the molecule is N#CC1CC2(C=Nc3ccccc32)CN1.